The fraction of sp³-hybridized carbons (Fsp3) is 0.833. The smallest absolute Gasteiger partial charge is 0.140 e. The average Bonchev–Trinajstić information content (AvgIpc) is 2.70. The zero-order valence-electron chi connectivity index (χ0n) is 11.1. The van der Waals surface area contributed by atoms with Crippen molar-refractivity contribution in [1.82, 2.24) is 19.7 Å². The van der Waals surface area contributed by atoms with Crippen LogP contribution in [0.5, 0.6) is 0 Å². The van der Waals surface area contributed by atoms with Crippen LogP contribution < -0.4 is 0 Å². The van der Waals surface area contributed by atoms with Crippen LogP contribution in [0.2, 0.25) is 0 Å². The van der Waals surface area contributed by atoms with Crippen molar-refractivity contribution in [2.45, 2.75) is 46.4 Å². The van der Waals surface area contributed by atoms with Gasteiger partial charge in [-0.2, -0.15) is 5.10 Å². The van der Waals surface area contributed by atoms with E-state index in [4.69, 9.17) is 0 Å². The summed E-state index contributed by atoms with van der Waals surface area (Å²) in [4.78, 5) is 6.52. The summed E-state index contributed by atoms with van der Waals surface area (Å²) in [6.45, 7) is 11.4. The van der Waals surface area contributed by atoms with Gasteiger partial charge in [-0.15, -0.1) is 0 Å². The van der Waals surface area contributed by atoms with Gasteiger partial charge in [0.15, 0.2) is 0 Å². The molecule has 5 heteroatoms. The van der Waals surface area contributed by atoms with E-state index in [-0.39, 0.29) is 5.41 Å². The van der Waals surface area contributed by atoms with E-state index in [0.717, 1.165) is 25.5 Å². The van der Waals surface area contributed by atoms with Gasteiger partial charge in [0, 0.05) is 25.0 Å². The number of aryl methyl sites for hydroxylation is 1. The first-order valence-corrected chi connectivity index (χ1v) is 6.17. The minimum atomic E-state index is -0.635. The lowest BCUT2D eigenvalue weighted by atomic mass is 9.79. The standard InChI is InChI=1S/C12H22N4O/c1-5-16-10(13-9-14-16)6-15-7-11(2,3)12(4,17)8-15/h9,17H,5-8H2,1-4H3/t12-/m1/s1. The summed E-state index contributed by atoms with van der Waals surface area (Å²) in [6, 6.07) is 0. The molecular weight excluding hydrogens is 216 g/mol. The van der Waals surface area contributed by atoms with Crippen molar-refractivity contribution < 1.29 is 5.11 Å². The summed E-state index contributed by atoms with van der Waals surface area (Å²) < 4.78 is 1.90. The highest BCUT2D eigenvalue weighted by atomic mass is 16.3. The largest absolute Gasteiger partial charge is 0.388 e. The summed E-state index contributed by atoms with van der Waals surface area (Å²) in [7, 11) is 0. The third kappa shape index (κ3) is 2.21. The van der Waals surface area contributed by atoms with Gasteiger partial charge in [-0.1, -0.05) is 13.8 Å². The zero-order chi connectivity index (χ0) is 12.7. The fourth-order valence-electron chi connectivity index (χ4n) is 2.42. The summed E-state index contributed by atoms with van der Waals surface area (Å²) in [5.74, 6) is 0.973. The molecule has 1 atom stereocenters. The molecule has 0 unspecified atom stereocenters. The fourth-order valence-corrected chi connectivity index (χ4v) is 2.42. The molecule has 1 aromatic heterocycles. The minimum Gasteiger partial charge on any atom is -0.388 e. The molecule has 0 aliphatic carbocycles. The number of hydrogen-bond acceptors (Lipinski definition) is 4. The quantitative estimate of drug-likeness (QED) is 0.849. The van der Waals surface area contributed by atoms with Crippen LogP contribution in [0.4, 0.5) is 0 Å². The van der Waals surface area contributed by atoms with Gasteiger partial charge in [0.25, 0.3) is 0 Å². The van der Waals surface area contributed by atoms with E-state index < -0.39 is 5.60 Å². The number of β-amino-alcohol motifs (C(OH)–C–C–N with tert-alkyl or cyclic N) is 1. The highest BCUT2D eigenvalue weighted by molar-refractivity contribution is 5.01. The second-order valence-electron chi connectivity index (χ2n) is 5.79. The molecule has 1 aliphatic heterocycles. The monoisotopic (exact) mass is 238 g/mol. The summed E-state index contributed by atoms with van der Waals surface area (Å²) in [5.41, 5.74) is -0.714. The van der Waals surface area contributed by atoms with Crippen molar-refractivity contribution in [1.29, 1.82) is 0 Å². The van der Waals surface area contributed by atoms with Gasteiger partial charge in [-0.3, -0.25) is 4.90 Å². The van der Waals surface area contributed by atoms with Crippen LogP contribution >= 0.6 is 0 Å². The third-order valence-corrected chi connectivity index (χ3v) is 3.97. The molecule has 96 valence electrons. The van der Waals surface area contributed by atoms with Crippen molar-refractivity contribution in [2.24, 2.45) is 5.41 Å². The van der Waals surface area contributed by atoms with Gasteiger partial charge < -0.3 is 5.11 Å². The first kappa shape index (κ1) is 12.5. The Morgan fingerprint density at radius 3 is 2.59 bits per heavy atom. The molecule has 1 N–H and O–H groups in total. The third-order valence-electron chi connectivity index (χ3n) is 3.97. The van der Waals surface area contributed by atoms with Gasteiger partial charge in [-0.05, 0) is 13.8 Å². The molecule has 0 amide bonds. The first-order chi connectivity index (χ1) is 7.86. The molecule has 0 bridgehead atoms. The molecule has 1 aromatic rings. The normalized spacial score (nSPS) is 28.8. The second-order valence-corrected chi connectivity index (χ2v) is 5.79. The molecular formula is C12H22N4O. The molecule has 1 saturated heterocycles. The Balaban J connectivity index is 2.08. The molecule has 2 rings (SSSR count). The van der Waals surface area contributed by atoms with E-state index in [0.29, 0.717) is 6.54 Å². The van der Waals surface area contributed by atoms with Crippen LogP contribution in [0.15, 0.2) is 6.33 Å². The predicted molar refractivity (Wildman–Crippen MR) is 65.4 cm³/mol. The van der Waals surface area contributed by atoms with E-state index in [1.54, 1.807) is 6.33 Å². The minimum absolute atomic E-state index is 0.0793. The lowest BCUT2D eigenvalue weighted by molar-refractivity contribution is -0.0111. The van der Waals surface area contributed by atoms with Gasteiger partial charge in [-0.25, -0.2) is 9.67 Å². The number of aliphatic hydroxyl groups is 1. The van der Waals surface area contributed by atoms with Crippen LogP contribution in [-0.2, 0) is 13.1 Å². The summed E-state index contributed by atoms with van der Waals surface area (Å²) in [6.07, 6.45) is 1.60. The molecule has 1 aliphatic rings. The highest BCUT2D eigenvalue weighted by Crippen LogP contribution is 2.38. The lowest BCUT2D eigenvalue weighted by Crippen LogP contribution is -2.40. The Bertz CT molecular complexity index is 381. The van der Waals surface area contributed by atoms with Crippen molar-refractivity contribution in [3.05, 3.63) is 12.2 Å². The maximum Gasteiger partial charge on any atom is 0.140 e. The van der Waals surface area contributed by atoms with E-state index in [2.05, 4.69) is 35.8 Å². The van der Waals surface area contributed by atoms with Crippen LogP contribution in [0.3, 0.4) is 0 Å². The Kier molecular flexibility index (Phi) is 2.99. The first-order valence-electron chi connectivity index (χ1n) is 6.17. The Labute approximate surface area is 102 Å². The number of hydrogen-bond donors (Lipinski definition) is 1. The average molecular weight is 238 g/mol. The van der Waals surface area contributed by atoms with Crippen LogP contribution in [0.25, 0.3) is 0 Å². The van der Waals surface area contributed by atoms with Crippen LogP contribution in [0, 0.1) is 5.41 Å². The molecule has 0 aromatic carbocycles. The number of likely N-dealkylation sites (tertiary alicyclic amines) is 1. The Hall–Kier alpha value is -0.940. The number of rotatable bonds is 3. The van der Waals surface area contributed by atoms with Gasteiger partial charge in [0.1, 0.15) is 12.2 Å². The van der Waals surface area contributed by atoms with E-state index in [1.807, 2.05) is 11.6 Å². The molecule has 0 radical (unpaired) electrons. The number of nitrogens with zero attached hydrogens (tertiary/aromatic N) is 4. The SMILES string of the molecule is CCn1ncnc1CN1CC(C)(C)[C@](C)(O)C1. The maximum absolute atomic E-state index is 10.4. The molecule has 17 heavy (non-hydrogen) atoms. The van der Waals surface area contributed by atoms with E-state index in [1.165, 1.54) is 0 Å². The van der Waals surface area contributed by atoms with E-state index >= 15 is 0 Å². The van der Waals surface area contributed by atoms with Crippen molar-refractivity contribution in [3.8, 4) is 0 Å². The van der Waals surface area contributed by atoms with Crippen molar-refractivity contribution in [2.75, 3.05) is 13.1 Å². The summed E-state index contributed by atoms with van der Waals surface area (Å²) >= 11 is 0. The van der Waals surface area contributed by atoms with Gasteiger partial charge in [0.05, 0.1) is 12.1 Å². The predicted octanol–water partition coefficient (Wildman–Crippen LogP) is 0.891. The molecule has 0 spiro atoms. The highest BCUT2D eigenvalue weighted by Gasteiger charge is 2.47. The van der Waals surface area contributed by atoms with Gasteiger partial charge >= 0.3 is 0 Å². The van der Waals surface area contributed by atoms with Crippen molar-refractivity contribution in [3.63, 3.8) is 0 Å². The summed E-state index contributed by atoms with van der Waals surface area (Å²) in [5, 5.41) is 14.5. The Morgan fingerprint density at radius 2 is 2.06 bits per heavy atom. The molecule has 1 fully saturated rings. The van der Waals surface area contributed by atoms with Crippen molar-refractivity contribution >= 4 is 0 Å². The molecule has 2 heterocycles. The second kappa shape index (κ2) is 4.07. The van der Waals surface area contributed by atoms with Gasteiger partial charge in [0.2, 0.25) is 0 Å². The zero-order valence-corrected chi connectivity index (χ0v) is 11.1. The lowest BCUT2D eigenvalue weighted by Gasteiger charge is -2.31. The van der Waals surface area contributed by atoms with Crippen LogP contribution in [-0.4, -0.2) is 43.5 Å². The Morgan fingerprint density at radius 1 is 1.35 bits per heavy atom. The molecule has 0 saturated carbocycles. The maximum atomic E-state index is 10.4. The van der Waals surface area contributed by atoms with E-state index in [9.17, 15) is 5.11 Å². The molecule has 5 nitrogen and oxygen atoms in total. The topological polar surface area (TPSA) is 54.2 Å². The number of aromatic nitrogens is 3. The van der Waals surface area contributed by atoms with Crippen LogP contribution in [0.1, 0.15) is 33.5 Å².